The number of benzene rings is 1. The highest BCUT2D eigenvalue weighted by molar-refractivity contribution is 5.94. The third-order valence-electron chi connectivity index (χ3n) is 6.09. The van der Waals surface area contributed by atoms with E-state index in [2.05, 4.69) is 4.98 Å². The van der Waals surface area contributed by atoms with Crippen molar-refractivity contribution in [1.29, 1.82) is 0 Å². The Morgan fingerprint density at radius 1 is 1.34 bits per heavy atom. The molecule has 1 saturated heterocycles. The van der Waals surface area contributed by atoms with Gasteiger partial charge in [-0.25, -0.2) is 4.39 Å². The number of hydrogen-bond acceptors (Lipinski definition) is 5. The molecule has 29 heavy (non-hydrogen) atoms. The Kier molecular flexibility index (Phi) is 5.13. The molecule has 2 aromatic rings. The van der Waals surface area contributed by atoms with E-state index in [1.807, 2.05) is 19.1 Å². The lowest BCUT2D eigenvalue weighted by molar-refractivity contribution is -0.123. The zero-order chi connectivity index (χ0) is 20.6. The number of halogens is 1. The maximum atomic E-state index is 14.5. The predicted octanol–water partition coefficient (Wildman–Crippen LogP) is 3.87. The van der Waals surface area contributed by atoms with Crippen molar-refractivity contribution in [2.75, 3.05) is 6.79 Å². The first-order valence-corrected chi connectivity index (χ1v) is 9.78. The Hall–Kier alpha value is -2.73. The first-order chi connectivity index (χ1) is 13.9. The van der Waals surface area contributed by atoms with E-state index in [0.29, 0.717) is 36.1 Å². The number of fused-ring (bicyclic) bond motifs is 1. The minimum absolute atomic E-state index is 0.0179. The summed E-state index contributed by atoms with van der Waals surface area (Å²) in [4.78, 5) is 16.7. The molecule has 1 aliphatic carbocycles. The van der Waals surface area contributed by atoms with Crippen LogP contribution in [0.25, 0.3) is 0 Å². The Labute approximate surface area is 169 Å². The Morgan fingerprint density at radius 3 is 2.86 bits per heavy atom. The minimum atomic E-state index is -0.779. The number of phenols is 1. The number of phenolic OH excluding ortho intramolecular Hbond substituents is 1. The van der Waals surface area contributed by atoms with Crippen molar-refractivity contribution in [3.63, 3.8) is 0 Å². The number of allylic oxidation sites excluding steroid dienone is 1. The summed E-state index contributed by atoms with van der Waals surface area (Å²) in [7, 11) is 0. The van der Waals surface area contributed by atoms with Gasteiger partial charge in [-0.05, 0) is 73.1 Å². The molecule has 0 amide bonds. The molecule has 0 bridgehead atoms. The van der Waals surface area contributed by atoms with Gasteiger partial charge in [-0.3, -0.25) is 9.78 Å². The second-order valence-electron chi connectivity index (χ2n) is 8.00. The number of ketones is 1. The summed E-state index contributed by atoms with van der Waals surface area (Å²) in [5, 5.41) is 9.99. The van der Waals surface area contributed by atoms with Crippen molar-refractivity contribution >= 4 is 5.78 Å². The molecular formula is C23H24FNO4. The number of carbonyl (C=O) groups excluding carboxylic acids is 1. The second-order valence-corrected chi connectivity index (χ2v) is 8.00. The topological polar surface area (TPSA) is 68.7 Å². The van der Waals surface area contributed by atoms with Crippen LogP contribution in [0.3, 0.4) is 0 Å². The molecule has 1 fully saturated rings. The molecule has 1 aromatic carbocycles. The number of aromatic hydroxyl groups is 1. The molecule has 1 aromatic heterocycles. The largest absolute Gasteiger partial charge is 0.508 e. The van der Waals surface area contributed by atoms with E-state index in [-0.39, 0.29) is 36.0 Å². The quantitative estimate of drug-likeness (QED) is 0.830. The highest BCUT2D eigenvalue weighted by Crippen LogP contribution is 2.46. The SMILES string of the molecule is Cc1cc(F)c(C[C@H](C)[C@]23C[C@H](Cc4ccncc4)C(=O)C=C2OCO3)cc1O. The molecule has 0 spiro atoms. The fraction of sp³-hybridized carbons (Fsp3) is 0.391. The number of nitrogens with zero attached hydrogens (tertiary/aromatic N) is 1. The van der Waals surface area contributed by atoms with Crippen LogP contribution in [0.4, 0.5) is 4.39 Å². The van der Waals surface area contributed by atoms with Crippen LogP contribution in [0.2, 0.25) is 0 Å². The Balaban J connectivity index is 1.61. The van der Waals surface area contributed by atoms with Gasteiger partial charge in [-0.15, -0.1) is 0 Å². The summed E-state index contributed by atoms with van der Waals surface area (Å²) in [5.41, 5.74) is 1.18. The highest BCUT2D eigenvalue weighted by atomic mass is 19.1. The zero-order valence-electron chi connectivity index (χ0n) is 16.5. The van der Waals surface area contributed by atoms with E-state index in [4.69, 9.17) is 9.47 Å². The molecular weight excluding hydrogens is 373 g/mol. The fourth-order valence-corrected chi connectivity index (χ4v) is 4.35. The molecule has 4 rings (SSSR count). The molecule has 0 radical (unpaired) electrons. The lowest BCUT2D eigenvalue weighted by Gasteiger charge is -2.38. The van der Waals surface area contributed by atoms with Gasteiger partial charge in [0.25, 0.3) is 0 Å². The van der Waals surface area contributed by atoms with Gasteiger partial charge in [0.15, 0.2) is 12.6 Å². The second kappa shape index (κ2) is 7.59. The van der Waals surface area contributed by atoms with Gasteiger partial charge in [0, 0.05) is 24.4 Å². The van der Waals surface area contributed by atoms with E-state index in [1.165, 1.54) is 12.1 Å². The van der Waals surface area contributed by atoms with Crippen molar-refractivity contribution in [3.8, 4) is 5.75 Å². The minimum Gasteiger partial charge on any atom is -0.508 e. The third kappa shape index (κ3) is 3.65. The summed E-state index contributed by atoms with van der Waals surface area (Å²) in [5.74, 6) is -0.141. The summed E-state index contributed by atoms with van der Waals surface area (Å²) in [6.07, 6.45) is 6.38. The van der Waals surface area contributed by atoms with Crippen molar-refractivity contribution in [1.82, 2.24) is 4.98 Å². The van der Waals surface area contributed by atoms with Crippen LogP contribution >= 0.6 is 0 Å². The van der Waals surface area contributed by atoms with E-state index in [1.54, 1.807) is 25.4 Å². The molecule has 0 unspecified atom stereocenters. The van der Waals surface area contributed by atoms with Gasteiger partial charge in [0.05, 0.1) is 0 Å². The molecule has 5 nitrogen and oxygen atoms in total. The van der Waals surface area contributed by atoms with E-state index >= 15 is 0 Å². The van der Waals surface area contributed by atoms with Gasteiger partial charge in [0.1, 0.15) is 22.9 Å². The first kappa shape index (κ1) is 19.6. The van der Waals surface area contributed by atoms with Crippen LogP contribution in [-0.2, 0) is 27.1 Å². The highest BCUT2D eigenvalue weighted by Gasteiger charge is 2.52. The van der Waals surface area contributed by atoms with Crippen LogP contribution in [-0.4, -0.2) is 28.3 Å². The smallest absolute Gasteiger partial charge is 0.189 e. The Morgan fingerprint density at radius 2 is 2.10 bits per heavy atom. The van der Waals surface area contributed by atoms with Gasteiger partial charge in [0.2, 0.25) is 0 Å². The van der Waals surface area contributed by atoms with E-state index in [9.17, 15) is 14.3 Å². The van der Waals surface area contributed by atoms with Crippen LogP contribution in [0, 0.1) is 24.6 Å². The van der Waals surface area contributed by atoms with Crippen LogP contribution < -0.4 is 0 Å². The summed E-state index contributed by atoms with van der Waals surface area (Å²) >= 11 is 0. The average molecular weight is 397 g/mol. The number of ether oxygens (including phenoxy) is 2. The lowest BCUT2D eigenvalue weighted by Crippen LogP contribution is -2.45. The zero-order valence-corrected chi connectivity index (χ0v) is 16.5. The standard InChI is InChI=1S/C23H24FNO4/c1-14-7-19(24)17(10-20(14)26)8-15(2)23-12-18(9-16-3-5-25-6-4-16)21(27)11-22(23)28-13-29-23/h3-7,10-11,15,18,26H,8-9,12-13H2,1-2H3/t15-,18-,23+/m0/s1. The molecule has 152 valence electrons. The fourth-order valence-electron chi connectivity index (χ4n) is 4.35. The molecule has 6 heteroatoms. The number of carbonyl (C=O) groups is 1. The van der Waals surface area contributed by atoms with Crippen molar-refractivity contribution in [2.24, 2.45) is 11.8 Å². The summed E-state index contributed by atoms with van der Waals surface area (Å²) in [6, 6.07) is 6.62. The number of rotatable bonds is 5. The third-order valence-corrected chi connectivity index (χ3v) is 6.09. The predicted molar refractivity (Wildman–Crippen MR) is 105 cm³/mol. The van der Waals surface area contributed by atoms with Gasteiger partial charge >= 0.3 is 0 Å². The van der Waals surface area contributed by atoms with Crippen LogP contribution in [0.1, 0.15) is 30.0 Å². The molecule has 2 aliphatic rings. The lowest BCUT2D eigenvalue weighted by atomic mass is 9.71. The van der Waals surface area contributed by atoms with E-state index in [0.717, 1.165) is 5.56 Å². The molecule has 0 saturated carbocycles. The first-order valence-electron chi connectivity index (χ1n) is 9.78. The van der Waals surface area contributed by atoms with Crippen LogP contribution in [0.15, 0.2) is 48.5 Å². The van der Waals surface area contributed by atoms with Crippen molar-refractivity contribution < 1.29 is 23.8 Å². The van der Waals surface area contributed by atoms with Crippen molar-refractivity contribution in [2.45, 2.75) is 38.7 Å². The maximum Gasteiger partial charge on any atom is 0.189 e. The monoisotopic (exact) mass is 397 g/mol. The van der Waals surface area contributed by atoms with Crippen LogP contribution in [0.5, 0.6) is 5.75 Å². The number of aryl methyl sites for hydroxylation is 1. The molecule has 1 aliphatic heterocycles. The van der Waals surface area contributed by atoms with Gasteiger partial charge < -0.3 is 14.6 Å². The average Bonchev–Trinajstić information content (AvgIpc) is 3.11. The van der Waals surface area contributed by atoms with E-state index < -0.39 is 5.60 Å². The normalized spacial score (nSPS) is 24.6. The summed E-state index contributed by atoms with van der Waals surface area (Å²) in [6.45, 7) is 3.71. The number of hydrogen-bond donors (Lipinski definition) is 1. The molecule has 3 atom stereocenters. The maximum absolute atomic E-state index is 14.5. The number of pyridine rings is 1. The molecule has 1 N–H and O–H groups in total. The number of aromatic nitrogens is 1. The summed E-state index contributed by atoms with van der Waals surface area (Å²) < 4.78 is 26.1. The van der Waals surface area contributed by atoms with Crippen molar-refractivity contribution in [3.05, 3.63) is 71.0 Å². The van der Waals surface area contributed by atoms with Gasteiger partial charge in [-0.1, -0.05) is 6.92 Å². The Bertz CT molecular complexity index is 959. The molecule has 2 heterocycles. The van der Waals surface area contributed by atoms with Gasteiger partial charge in [-0.2, -0.15) is 0 Å².